The van der Waals surface area contributed by atoms with Gasteiger partial charge in [-0.3, -0.25) is 9.59 Å². The molecule has 0 radical (unpaired) electrons. The van der Waals surface area contributed by atoms with Crippen LogP contribution >= 0.6 is 0 Å². The minimum absolute atomic E-state index is 0.187. The minimum Gasteiger partial charge on any atom is -0.489 e. The van der Waals surface area contributed by atoms with Crippen molar-refractivity contribution in [2.24, 2.45) is 5.73 Å². The lowest BCUT2D eigenvalue weighted by Gasteiger charge is -2.09. The molecular weight excluding hydrogens is 280 g/mol. The van der Waals surface area contributed by atoms with Crippen LogP contribution in [0.4, 0.5) is 0 Å². The zero-order valence-electron chi connectivity index (χ0n) is 12.3. The summed E-state index contributed by atoms with van der Waals surface area (Å²) in [6, 6.07) is 14.8. The van der Waals surface area contributed by atoms with E-state index < -0.39 is 5.91 Å². The number of carbonyl (C=O) groups is 2. The molecule has 2 aromatic carbocycles. The highest BCUT2D eigenvalue weighted by molar-refractivity contribution is 5.96. The van der Waals surface area contributed by atoms with Crippen molar-refractivity contribution in [2.75, 3.05) is 6.54 Å². The summed E-state index contributed by atoms with van der Waals surface area (Å²) in [5.41, 5.74) is 7.64. The molecule has 5 nitrogen and oxygen atoms in total. The van der Waals surface area contributed by atoms with E-state index in [0.29, 0.717) is 17.9 Å². The number of nitrogens with one attached hydrogen (secondary N) is 1. The molecule has 0 aliphatic carbocycles. The normalized spacial score (nSPS) is 10.0. The number of ether oxygens (including phenoxy) is 1. The summed E-state index contributed by atoms with van der Waals surface area (Å²) in [4.78, 5) is 22.5. The molecule has 2 amide bonds. The number of carbonyl (C=O) groups excluding carboxylic acids is 2. The third-order valence-electron chi connectivity index (χ3n) is 3.01. The molecule has 22 heavy (non-hydrogen) atoms. The summed E-state index contributed by atoms with van der Waals surface area (Å²) in [6.45, 7) is 2.26. The van der Waals surface area contributed by atoms with E-state index in [0.717, 1.165) is 5.56 Å². The summed E-state index contributed by atoms with van der Waals surface area (Å²) in [6.07, 6.45) is 0. The third-order valence-corrected chi connectivity index (χ3v) is 3.01. The van der Waals surface area contributed by atoms with Gasteiger partial charge in [-0.2, -0.15) is 0 Å². The van der Waals surface area contributed by atoms with Crippen LogP contribution in [0.1, 0.15) is 21.5 Å². The van der Waals surface area contributed by atoms with Crippen molar-refractivity contribution in [3.8, 4) is 5.75 Å². The molecule has 0 unspecified atom stereocenters. The van der Waals surface area contributed by atoms with Gasteiger partial charge in [0.05, 0.1) is 6.54 Å². The predicted molar refractivity (Wildman–Crippen MR) is 83.5 cm³/mol. The van der Waals surface area contributed by atoms with Crippen LogP contribution in [-0.4, -0.2) is 18.4 Å². The first-order valence-electron chi connectivity index (χ1n) is 6.89. The Hall–Kier alpha value is -2.82. The molecule has 2 aromatic rings. The van der Waals surface area contributed by atoms with Gasteiger partial charge in [0.1, 0.15) is 12.4 Å². The molecule has 0 spiro atoms. The van der Waals surface area contributed by atoms with E-state index in [-0.39, 0.29) is 12.5 Å². The Labute approximate surface area is 129 Å². The molecule has 0 heterocycles. The molecule has 0 aliphatic heterocycles. The molecule has 5 heteroatoms. The van der Waals surface area contributed by atoms with E-state index in [1.807, 2.05) is 31.2 Å². The van der Waals surface area contributed by atoms with Crippen molar-refractivity contribution in [1.29, 1.82) is 0 Å². The highest BCUT2D eigenvalue weighted by atomic mass is 16.5. The SMILES string of the molecule is Cc1cccc(COc2cccc(C(=O)NCC(N)=O)c2)c1. The summed E-state index contributed by atoms with van der Waals surface area (Å²) in [7, 11) is 0. The molecule has 2 rings (SSSR count). The van der Waals surface area contributed by atoms with E-state index in [2.05, 4.69) is 5.32 Å². The monoisotopic (exact) mass is 298 g/mol. The molecular formula is C17H18N2O3. The molecule has 0 aromatic heterocycles. The van der Waals surface area contributed by atoms with Crippen molar-refractivity contribution < 1.29 is 14.3 Å². The molecule has 0 saturated heterocycles. The van der Waals surface area contributed by atoms with Gasteiger partial charge in [0, 0.05) is 5.56 Å². The van der Waals surface area contributed by atoms with Crippen molar-refractivity contribution in [1.82, 2.24) is 5.32 Å². The highest BCUT2D eigenvalue weighted by Gasteiger charge is 2.07. The second-order valence-corrected chi connectivity index (χ2v) is 4.95. The van der Waals surface area contributed by atoms with Gasteiger partial charge in [0.15, 0.2) is 0 Å². The van der Waals surface area contributed by atoms with E-state index >= 15 is 0 Å². The van der Waals surface area contributed by atoms with Gasteiger partial charge >= 0.3 is 0 Å². The Morgan fingerprint density at radius 2 is 1.91 bits per heavy atom. The predicted octanol–water partition coefficient (Wildman–Crippen LogP) is 1.79. The van der Waals surface area contributed by atoms with Crippen LogP contribution in [-0.2, 0) is 11.4 Å². The fourth-order valence-corrected chi connectivity index (χ4v) is 1.97. The summed E-state index contributed by atoms with van der Waals surface area (Å²) >= 11 is 0. The number of amides is 2. The number of nitrogens with two attached hydrogens (primary N) is 1. The smallest absolute Gasteiger partial charge is 0.251 e. The molecule has 0 bridgehead atoms. The summed E-state index contributed by atoms with van der Waals surface area (Å²) in [5.74, 6) is -0.353. The number of rotatable bonds is 6. The summed E-state index contributed by atoms with van der Waals surface area (Å²) < 4.78 is 5.69. The number of hydrogen-bond donors (Lipinski definition) is 2. The van der Waals surface area contributed by atoms with Crippen LogP contribution in [0, 0.1) is 6.92 Å². The van der Waals surface area contributed by atoms with Crippen LogP contribution in [0.2, 0.25) is 0 Å². The molecule has 0 saturated carbocycles. The lowest BCUT2D eigenvalue weighted by Crippen LogP contribution is -2.33. The van der Waals surface area contributed by atoms with E-state index in [1.54, 1.807) is 24.3 Å². The van der Waals surface area contributed by atoms with Crippen LogP contribution < -0.4 is 15.8 Å². The minimum atomic E-state index is -0.583. The quantitative estimate of drug-likeness (QED) is 0.853. The van der Waals surface area contributed by atoms with Gasteiger partial charge in [-0.25, -0.2) is 0 Å². The van der Waals surface area contributed by atoms with Gasteiger partial charge < -0.3 is 15.8 Å². The Kier molecular flexibility index (Phi) is 5.14. The standard InChI is InChI=1S/C17H18N2O3/c1-12-4-2-5-13(8-12)11-22-15-7-3-6-14(9-15)17(21)19-10-16(18)20/h2-9H,10-11H2,1H3,(H2,18,20)(H,19,21). The van der Waals surface area contributed by atoms with Gasteiger partial charge in [0.2, 0.25) is 5.91 Å². The number of aryl methyl sites for hydroxylation is 1. The molecule has 0 fully saturated rings. The molecule has 0 atom stereocenters. The van der Waals surface area contributed by atoms with Crippen LogP contribution in [0.5, 0.6) is 5.75 Å². The largest absolute Gasteiger partial charge is 0.489 e. The molecule has 114 valence electrons. The number of hydrogen-bond acceptors (Lipinski definition) is 3. The van der Waals surface area contributed by atoms with E-state index in [9.17, 15) is 9.59 Å². The first-order valence-corrected chi connectivity index (χ1v) is 6.89. The van der Waals surface area contributed by atoms with Gasteiger partial charge in [0.25, 0.3) is 5.91 Å². The first kappa shape index (κ1) is 15.6. The Morgan fingerprint density at radius 3 is 2.64 bits per heavy atom. The number of benzene rings is 2. The zero-order chi connectivity index (χ0) is 15.9. The Bertz CT molecular complexity index is 683. The fourth-order valence-electron chi connectivity index (χ4n) is 1.97. The van der Waals surface area contributed by atoms with E-state index in [1.165, 1.54) is 5.56 Å². The van der Waals surface area contributed by atoms with Crippen molar-refractivity contribution >= 4 is 11.8 Å². The third kappa shape index (κ3) is 4.63. The van der Waals surface area contributed by atoms with Crippen molar-refractivity contribution in [2.45, 2.75) is 13.5 Å². The maximum atomic E-state index is 11.8. The van der Waals surface area contributed by atoms with Gasteiger partial charge in [-0.05, 0) is 30.7 Å². The van der Waals surface area contributed by atoms with Crippen LogP contribution in [0.25, 0.3) is 0 Å². The topological polar surface area (TPSA) is 81.4 Å². The maximum Gasteiger partial charge on any atom is 0.251 e. The van der Waals surface area contributed by atoms with Gasteiger partial charge in [-0.1, -0.05) is 35.9 Å². The lowest BCUT2D eigenvalue weighted by atomic mass is 10.1. The average molecular weight is 298 g/mol. The second kappa shape index (κ2) is 7.26. The second-order valence-electron chi connectivity index (χ2n) is 4.95. The number of primary amides is 1. The van der Waals surface area contributed by atoms with Crippen LogP contribution in [0.15, 0.2) is 48.5 Å². The summed E-state index contributed by atoms with van der Waals surface area (Å²) in [5, 5.41) is 2.44. The van der Waals surface area contributed by atoms with Crippen molar-refractivity contribution in [3.05, 3.63) is 65.2 Å². The molecule has 0 aliphatic rings. The Morgan fingerprint density at radius 1 is 1.14 bits per heavy atom. The highest BCUT2D eigenvalue weighted by Crippen LogP contribution is 2.15. The van der Waals surface area contributed by atoms with Crippen molar-refractivity contribution in [3.63, 3.8) is 0 Å². The lowest BCUT2D eigenvalue weighted by molar-refractivity contribution is -0.117. The average Bonchev–Trinajstić information content (AvgIpc) is 2.51. The Balaban J connectivity index is 1.99. The fraction of sp³-hybridized carbons (Fsp3) is 0.176. The maximum absolute atomic E-state index is 11.8. The van der Waals surface area contributed by atoms with Crippen LogP contribution in [0.3, 0.4) is 0 Å². The molecule has 3 N–H and O–H groups in total. The van der Waals surface area contributed by atoms with Gasteiger partial charge in [-0.15, -0.1) is 0 Å². The first-order chi connectivity index (χ1) is 10.5. The van der Waals surface area contributed by atoms with E-state index in [4.69, 9.17) is 10.5 Å². The zero-order valence-corrected chi connectivity index (χ0v) is 12.3.